The number of carboxylic acids is 1. The van der Waals surface area contributed by atoms with E-state index in [0.29, 0.717) is 55.7 Å². The fourth-order valence-electron chi connectivity index (χ4n) is 3.90. The predicted molar refractivity (Wildman–Crippen MR) is 120 cm³/mol. The third-order valence-corrected chi connectivity index (χ3v) is 6.06. The van der Waals surface area contributed by atoms with Crippen LogP contribution in [0.1, 0.15) is 24.8 Å². The lowest BCUT2D eigenvalue weighted by Gasteiger charge is -2.34. The number of hydrogen-bond donors (Lipinski definition) is 1. The molecule has 5 nitrogen and oxygen atoms in total. The molecule has 2 aromatic rings. The quantitative estimate of drug-likeness (QED) is 0.487. The second-order valence-corrected chi connectivity index (χ2v) is 8.43. The third kappa shape index (κ3) is 6.38. The minimum absolute atomic E-state index is 0.354. The first-order chi connectivity index (χ1) is 15.3. The summed E-state index contributed by atoms with van der Waals surface area (Å²) in [5.41, 5.74) is -0.235. The van der Waals surface area contributed by atoms with Crippen LogP contribution >= 0.6 is 15.9 Å². The van der Waals surface area contributed by atoms with E-state index in [4.69, 9.17) is 4.74 Å². The number of anilines is 1. The molecule has 1 saturated heterocycles. The normalized spacial score (nSPS) is 18.8. The minimum Gasteiger partial charge on any atom is -0.480 e. The highest BCUT2D eigenvalue weighted by Crippen LogP contribution is 2.32. The Hall–Kier alpha value is -2.26. The van der Waals surface area contributed by atoms with E-state index in [-0.39, 0.29) is 0 Å². The average molecular weight is 515 g/mol. The van der Waals surface area contributed by atoms with Gasteiger partial charge in [0.05, 0.1) is 5.56 Å². The number of aliphatic carboxylic acids is 1. The van der Waals surface area contributed by atoms with Gasteiger partial charge in [-0.15, -0.1) is 0 Å². The van der Waals surface area contributed by atoms with E-state index in [1.54, 1.807) is 6.07 Å². The fourth-order valence-corrected chi connectivity index (χ4v) is 4.23. The van der Waals surface area contributed by atoms with Crippen molar-refractivity contribution >= 4 is 27.6 Å². The lowest BCUT2D eigenvalue weighted by atomic mass is 10.1. The van der Waals surface area contributed by atoms with E-state index in [1.807, 2.05) is 40.1 Å². The molecule has 32 heavy (non-hydrogen) atoms. The maximum Gasteiger partial charge on any atom is 0.416 e. The van der Waals surface area contributed by atoms with E-state index in [9.17, 15) is 23.1 Å². The topological polar surface area (TPSA) is 53.0 Å². The Morgan fingerprint density at radius 1 is 1.12 bits per heavy atom. The van der Waals surface area contributed by atoms with Crippen LogP contribution < -0.4 is 9.64 Å². The molecule has 0 radical (unpaired) electrons. The van der Waals surface area contributed by atoms with E-state index < -0.39 is 30.0 Å². The first kappa shape index (κ1) is 24.4. The van der Waals surface area contributed by atoms with E-state index in [2.05, 4.69) is 15.9 Å². The summed E-state index contributed by atoms with van der Waals surface area (Å²) >= 11 is 3.36. The molecule has 2 unspecified atom stereocenters. The van der Waals surface area contributed by atoms with Gasteiger partial charge in [0.15, 0.2) is 6.23 Å². The summed E-state index contributed by atoms with van der Waals surface area (Å²) in [6.07, 6.45) is -3.36. The summed E-state index contributed by atoms with van der Waals surface area (Å²) in [5, 5.41) is 10.6. The predicted octanol–water partition coefficient (Wildman–Crippen LogP) is 5.25. The zero-order valence-corrected chi connectivity index (χ0v) is 19.1. The van der Waals surface area contributed by atoms with Gasteiger partial charge in [-0.1, -0.05) is 40.2 Å². The van der Waals surface area contributed by atoms with Gasteiger partial charge in [0.25, 0.3) is 0 Å². The van der Waals surface area contributed by atoms with Gasteiger partial charge in [0, 0.05) is 37.1 Å². The monoisotopic (exact) mass is 514 g/mol. The van der Waals surface area contributed by atoms with Gasteiger partial charge in [-0.05, 0) is 43.2 Å². The van der Waals surface area contributed by atoms with E-state index in [1.165, 1.54) is 6.07 Å². The van der Waals surface area contributed by atoms with Gasteiger partial charge in [-0.3, -0.25) is 9.69 Å². The van der Waals surface area contributed by atoms with Crippen LogP contribution in [0.15, 0.2) is 54.6 Å². The van der Waals surface area contributed by atoms with Crippen molar-refractivity contribution in [2.24, 2.45) is 0 Å². The summed E-state index contributed by atoms with van der Waals surface area (Å²) in [5.74, 6) is -0.306. The summed E-state index contributed by atoms with van der Waals surface area (Å²) in [6.45, 7) is 1.20. The first-order valence-corrected chi connectivity index (χ1v) is 11.6. The third-order valence-electron chi connectivity index (χ3n) is 5.49. The van der Waals surface area contributed by atoms with Crippen LogP contribution in [-0.2, 0) is 11.0 Å². The zero-order valence-electron chi connectivity index (χ0n) is 17.5. The molecule has 0 bridgehead atoms. The number of rotatable bonds is 8. The molecule has 1 aliphatic rings. The minimum atomic E-state index is -4.42. The molecular weight excluding hydrogens is 489 g/mol. The Morgan fingerprint density at radius 2 is 1.88 bits per heavy atom. The van der Waals surface area contributed by atoms with Crippen LogP contribution in [0, 0.1) is 0 Å². The van der Waals surface area contributed by atoms with Crippen molar-refractivity contribution in [3.8, 4) is 5.75 Å². The highest BCUT2D eigenvalue weighted by molar-refractivity contribution is 9.09. The average Bonchev–Trinajstić information content (AvgIpc) is 2.97. The van der Waals surface area contributed by atoms with Crippen LogP contribution in [0.4, 0.5) is 18.9 Å². The Labute approximate surface area is 193 Å². The highest BCUT2D eigenvalue weighted by atomic mass is 79.9. The number of carbonyl (C=O) groups is 1. The van der Waals surface area contributed by atoms with Crippen molar-refractivity contribution in [3.05, 3.63) is 60.2 Å². The van der Waals surface area contributed by atoms with Crippen molar-refractivity contribution in [1.82, 2.24) is 4.90 Å². The first-order valence-electron chi connectivity index (χ1n) is 10.5. The maximum absolute atomic E-state index is 13.2. The van der Waals surface area contributed by atoms with Gasteiger partial charge >= 0.3 is 12.1 Å². The van der Waals surface area contributed by atoms with Crippen LogP contribution in [0.2, 0.25) is 0 Å². The summed E-state index contributed by atoms with van der Waals surface area (Å²) in [6, 6.07) is 13.6. The molecule has 2 atom stereocenters. The number of halogens is 4. The summed E-state index contributed by atoms with van der Waals surface area (Å²) in [7, 11) is 0. The lowest BCUT2D eigenvalue weighted by Crippen LogP contribution is -2.50. The number of nitrogens with zero attached hydrogens (tertiary/aromatic N) is 2. The smallest absolute Gasteiger partial charge is 0.416 e. The van der Waals surface area contributed by atoms with Crippen LogP contribution in [0.25, 0.3) is 0 Å². The van der Waals surface area contributed by atoms with Crippen molar-refractivity contribution in [2.75, 3.05) is 29.9 Å². The second kappa shape index (κ2) is 11.0. The molecule has 0 amide bonds. The molecule has 0 spiro atoms. The van der Waals surface area contributed by atoms with Crippen molar-refractivity contribution in [2.45, 2.75) is 37.7 Å². The molecule has 0 saturated carbocycles. The molecular formula is C23H26BrF3N2O3. The fraction of sp³-hybridized carbons (Fsp3) is 0.435. The molecule has 3 rings (SSSR count). The van der Waals surface area contributed by atoms with Crippen molar-refractivity contribution in [3.63, 3.8) is 0 Å². The van der Waals surface area contributed by atoms with Gasteiger partial charge < -0.3 is 14.7 Å². The largest absolute Gasteiger partial charge is 0.480 e. The van der Waals surface area contributed by atoms with Crippen LogP contribution in [-0.4, -0.2) is 53.2 Å². The maximum atomic E-state index is 13.2. The number of benzene rings is 2. The Balaban J connectivity index is 1.85. The van der Waals surface area contributed by atoms with Gasteiger partial charge in [-0.25, -0.2) is 0 Å². The molecule has 0 aromatic heterocycles. The Morgan fingerprint density at radius 3 is 2.53 bits per heavy atom. The molecule has 1 N–H and O–H groups in total. The van der Waals surface area contributed by atoms with Crippen molar-refractivity contribution < 1.29 is 27.8 Å². The number of hydrogen-bond acceptors (Lipinski definition) is 4. The molecule has 1 fully saturated rings. The zero-order chi connectivity index (χ0) is 23.1. The van der Waals surface area contributed by atoms with Crippen LogP contribution in [0.5, 0.6) is 5.75 Å². The number of carboxylic acid groups (broad SMARTS) is 1. The molecule has 2 aromatic carbocycles. The van der Waals surface area contributed by atoms with Crippen LogP contribution in [0.3, 0.4) is 0 Å². The lowest BCUT2D eigenvalue weighted by molar-refractivity contribution is -0.147. The number of para-hydroxylation sites is 1. The van der Waals surface area contributed by atoms with Crippen molar-refractivity contribution in [1.29, 1.82) is 0 Å². The standard InChI is InChI=1S/C23H26BrF3N2O3/c24-12-5-10-20(22(30)31)29-15-14-28(18-7-4-6-17(16-18)23(25,26)27)13-11-21(29)32-19-8-2-1-3-9-19/h1-4,6-9,16,20-21H,5,10-15H2,(H,30,31). The highest BCUT2D eigenvalue weighted by Gasteiger charge is 2.35. The van der Waals surface area contributed by atoms with Gasteiger partial charge in [-0.2, -0.15) is 13.2 Å². The van der Waals surface area contributed by atoms with Gasteiger partial charge in [0.2, 0.25) is 0 Å². The van der Waals surface area contributed by atoms with Gasteiger partial charge in [0.1, 0.15) is 11.8 Å². The molecule has 1 aliphatic heterocycles. The Bertz CT molecular complexity index is 882. The van der Waals surface area contributed by atoms with E-state index in [0.717, 1.165) is 12.1 Å². The summed E-state index contributed by atoms with van der Waals surface area (Å²) < 4.78 is 45.7. The molecule has 9 heteroatoms. The SMILES string of the molecule is O=C(O)C(CCCBr)N1CCN(c2cccc(C(F)(F)F)c2)CCC1Oc1ccccc1. The second-order valence-electron chi connectivity index (χ2n) is 7.63. The van der Waals surface area contributed by atoms with E-state index >= 15 is 0 Å². The molecule has 0 aliphatic carbocycles. The number of ether oxygens (including phenoxy) is 1. The Kier molecular flexibility index (Phi) is 8.42. The number of alkyl halides is 4. The molecule has 1 heterocycles. The summed E-state index contributed by atoms with van der Waals surface area (Å²) in [4.78, 5) is 15.8. The molecule has 174 valence electrons.